The molecule has 0 aromatic heterocycles. The molecular formula is C16H20N2O2. The maximum Gasteiger partial charge on any atom is 0.246 e. The predicted molar refractivity (Wildman–Crippen MR) is 75.9 cm³/mol. The quantitative estimate of drug-likeness (QED) is 0.909. The molecule has 1 aromatic rings. The van der Waals surface area contributed by atoms with E-state index in [9.17, 15) is 9.59 Å². The molecule has 2 fully saturated rings. The summed E-state index contributed by atoms with van der Waals surface area (Å²) in [4.78, 5) is 26.4. The van der Waals surface area contributed by atoms with Gasteiger partial charge in [-0.1, -0.05) is 24.3 Å². The van der Waals surface area contributed by atoms with Gasteiger partial charge in [0.25, 0.3) is 0 Å². The van der Waals surface area contributed by atoms with Crippen molar-refractivity contribution in [1.29, 1.82) is 0 Å². The lowest BCUT2D eigenvalue weighted by Crippen LogP contribution is -2.66. The molecule has 4 nitrogen and oxygen atoms in total. The van der Waals surface area contributed by atoms with Crippen LogP contribution in [0.15, 0.2) is 24.3 Å². The normalized spacial score (nSPS) is 26.6. The molecule has 0 radical (unpaired) electrons. The van der Waals surface area contributed by atoms with Crippen molar-refractivity contribution in [3.05, 3.63) is 35.4 Å². The molecule has 3 rings (SSSR count). The standard InChI is InChI=1S/C16H20N2O2/c1-11-5-3-4-6-12(11)10-18-14(19)9-17-15(20)16(18,2)13-7-8-13/h3-6,13H,7-10H2,1-2H3,(H,17,20). The van der Waals surface area contributed by atoms with Gasteiger partial charge < -0.3 is 10.2 Å². The number of nitrogens with zero attached hydrogens (tertiary/aromatic N) is 1. The summed E-state index contributed by atoms with van der Waals surface area (Å²) in [5, 5.41) is 2.74. The maximum atomic E-state index is 12.3. The van der Waals surface area contributed by atoms with Gasteiger partial charge in [0.2, 0.25) is 11.8 Å². The van der Waals surface area contributed by atoms with Gasteiger partial charge in [0.05, 0.1) is 6.54 Å². The van der Waals surface area contributed by atoms with Crippen molar-refractivity contribution in [3.63, 3.8) is 0 Å². The monoisotopic (exact) mass is 272 g/mol. The second-order valence-corrected chi connectivity index (χ2v) is 6.01. The Hall–Kier alpha value is -1.84. The highest BCUT2D eigenvalue weighted by atomic mass is 16.2. The zero-order valence-electron chi connectivity index (χ0n) is 12.0. The smallest absolute Gasteiger partial charge is 0.246 e. The Morgan fingerprint density at radius 1 is 1.30 bits per heavy atom. The molecule has 1 N–H and O–H groups in total. The molecule has 106 valence electrons. The minimum Gasteiger partial charge on any atom is -0.345 e. The third-order valence-corrected chi connectivity index (χ3v) is 4.68. The molecule has 1 unspecified atom stereocenters. The molecule has 2 amide bonds. The number of carbonyl (C=O) groups excluding carboxylic acids is 2. The Morgan fingerprint density at radius 2 is 2.00 bits per heavy atom. The largest absolute Gasteiger partial charge is 0.345 e. The summed E-state index contributed by atoms with van der Waals surface area (Å²) in [6, 6.07) is 8.04. The molecule has 20 heavy (non-hydrogen) atoms. The second kappa shape index (κ2) is 4.62. The van der Waals surface area contributed by atoms with Crippen LogP contribution in [0.5, 0.6) is 0 Å². The van der Waals surface area contributed by atoms with Gasteiger partial charge in [-0.05, 0) is 43.7 Å². The Bertz CT molecular complexity index is 565. The van der Waals surface area contributed by atoms with Gasteiger partial charge >= 0.3 is 0 Å². The average Bonchev–Trinajstić information content (AvgIpc) is 3.26. The summed E-state index contributed by atoms with van der Waals surface area (Å²) in [6.07, 6.45) is 2.06. The maximum absolute atomic E-state index is 12.3. The van der Waals surface area contributed by atoms with Crippen LogP contribution in [0.2, 0.25) is 0 Å². The molecule has 1 atom stereocenters. The van der Waals surface area contributed by atoms with Crippen LogP contribution < -0.4 is 5.32 Å². The number of amides is 2. The van der Waals surface area contributed by atoms with Gasteiger partial charge in [0, 0.05) is 6.54 Å². The van der Waals surface area contributed by atoms with E-state index in [0.717, 1.165) is 24.0 Å². The van der Waals surface area contributed by atoms with E-state index in [4.69, 9.17) is 0 Å². The summed E-state index contributed by atoms with van der Waals surface area (Å²) in [7, 11) is 0. The minimum absolute atomic E-state index is 0.00631. The zero-order valence-corrected chi connectivity index (χ0v) is 12.0. The van der Waals surface area contributed by atoms with Gasteiger partial charge in [0.1, 0.15) is 5.54 Å². The first-order valence-electron chi connectivity index (χ1n) is 7.16. The zero-order chi connectivity index (χ0) is 14.3. The van der Waals surface area contributed by atoms with Crippen molar-refractivity contribution in [2.45, 2.75) is 38.8 Å². The molecule has 0 bridgehead atoms. The Morgan fingerprint density at radius 3 is 2.65 bits per heavy atom. The molecule has 1 saturated carbocycles. The Kier molecular flexibility index (Phi) is 3.04. The Labute approximate surface area is 119 Å². The van der Waals surface area contributed by atoms with Crippen molar-refractivity contribution in [3.8, 4) is 0 Å². The first kappa shape index (κ1) is 13.2. The van der Waals surface area contributed by atoms with Crippen LogP contribution in [-0.2, 0) is 16.1 Å². The van der Waals surface area contributed by atoms with Crippen LogP contribution in [0.25, 0.3) is 0 Å². The SMILES string of the molecule is Cc1ccccc1CN1C(=O)CNC(=O)C1(C)C1CC1. The van der Waals surface area contributed by atoms with Crippen molar-refractivity contribution in [2.24, 2.45) is 5.92 Å². The van der Waals surface area contributed by atoms with Gasteiger partial charge in [0.15, 0.2) is 0 Å². The second-order valence-electron chi connectivity index (χ2n) is 6.01. The number of hydrogen-bond acceptors (Lipinski definition) is 2. The van der Waals surface area contributed by atoms with Crippen LogP contribution in [0.3, 0.4) is 0 Å². The molecule has 0 spiro atoms. The highest BCUT2D eigenvalue weighted by molar-refractivity contribution is 5.98. The van der Waals surface area contributed by atoms with Gasteiger partial charge in [-0.15, -0.1) is 0 Å². The minimum atomic E-state index is -0.683. The summed E-state index contributed by atoms with van der Waals surface area (Å²) in [6.45, 7) is 4.59. The molecule has 1 aromatic carbocycles. The fourth-order valence-corrected chi connectivity index (χ4v) is 3.07. The summed E-state index contributed by atoms with van der Waals surface area (Å²) in [5.74, 6) is 0.311. The van der Waals surface area contributed by atoms with E-state index < -0.39 is 5.54 Å². The van der Waals surface area contributed by atoms with Crippen molar-refractivity contribution < 1.29 is 9.59 Å². The first-order valence-corrected chi connectivity index (χ1v) is 7.16. The average molecular weight is 272 g/mol. The van der Waals surface area contributed by atoms with E-state index in [1.54, 1.807) is 4.90 Å². The van der Waals surface area contributed by atoms with Crippen molar-refractivity contribution in [1.82, 2.24) is 10.2 Å². The lowest BCUT2D eigenvalue weighted by Gasteiger charge is -2.44. The fourth-order valence-electron chi connectivity index (χ4n) is 3.07. The van der Waals surface area contributed by atoms with E-state index in [1.165, 1.54) is 0 Å². The van der Waals surface area contributed by atoms with Crippen LogP contribution in [0.4, 0.5) is 0 Å². The molecule has 2 aliphatic rings. The summed E-state index contributed by atoms with van der Waals surface area (Å²) in [5.41, 5.74) is 1.59. The molecule has 1 saturated heterocycles. The number of nitrogens with one attached hydrogen (secondary N) is 1. The van der Waals surface area contributed by atoms with Gasteiger partial charge in [-0.25, -0.2) is 0 Å². The van der Waals surface area contributed by atoms with Crippen LogP contribution in [0, 0.1) is 12.8 Å². The number of aryl methyl sites for hydroxylation is 1. The van der Waals surface area contributed by atoms with E-state index in [-0.39, 0.29) is 18.4 Å². The van der Waals surface area contributed by atoms with E-state index in [1.807, 2.05) is 38.1 Å². The van der Waals surface area contributed by atoms with Crippen LogP contribution in [0.1, 0.15) is 30.9 Å². The number of rotatable bonds is 3. The number of carbonyl (C=O) groups is 2. The predicted octanol–water partition coefficient (Wildman–Crippen LogP) is 1.62. The highest BCUT2D eigenvalue weighted by Gasteiger charge is 2.54. The topological polar surface area (TPSA) is 49.4 Å². The summed E-state index contributed by atoms with van der Waals surface area (Å²) >= 11 is 0. The highest BCUT2D eigenvalue weighted by Crippen LogP contribution is 2.44. The third-order valence-electron chi connectivity index (χ3n) is 4.68. The third kappa shape index (κ3) is 1.99. The first-order chi connectivity index (χ1) is 9.53. The number of benzene rings is 1. The molecule has 1 heterocycles. The number of piperazine rings is 1. The Balaban J connectivity index is 1.93. The van der Waals surface area contributed by atoms with Gasteiger partial charge in [-0.3, -0.25) is 9.59 Å². The molecular weight excluding hydrogens is 252 g/mol. The van der Waals surface area contributed by atoms with E-state index >= 15 is 0 Å². The van der Waals surface area contributed by atoms with Crippen LogP contribution in [-0.4, -0.2) is 28.8 Å². The van der Waals surface area contributed by atoms with E-state index in [2.05, 4.69) is 5.32 Å². The van der Waals surface area contributed by atoms with E-state index in [0.29, 0.717) is 12.5 Å². The lowest BCUT2D eigenvalue weighted by molar-refractivity contribution is -0.155. The lowest BCUT2D eigenvalue weighted by atomic mass is 9.89. The van der Waals surface area contributed by atoms with Gasteiger partial charge in [-0.2, -0.15) is 0 Å². The molecule has 4 heteroatoms. The van der Waals surface area contributed by atoms with Crippen molar-refractivity contribution in [2.75, 3.05) is 6.54 Å². The van der Waals surface area contributed by atoms with Crippen molar-refractivity contribution >= 4 is 11.8 Å². The molecule has 1 aliphatic heterocycles. The van der Waals surface area contributed by atoms with Crippen LogP contribution >= 0.6 is 0 Å². The fraction of sp³-hybridized carbons (Fsp3) is 0.500. The molecule has 1 aliphatic carbocycles. The number of hydrogen-bond donors (Lipinski definition) is 1. The summed E-state index contributed by atoms with van der Waals surface area (Å²) < 4.78 is 0.